The molecule has 0 amide bonds. The van der Waals surface area contributed by atoms with Crippen molar-refractivity contribution in [2.24, 2.45) is 0 Å². The quantitative estimate of drug-likeness (QED) is 0.788. The van der Waals surface area contributed by atoms with Crippen molar-refractivity contribution in [3.05, 3.63) is 17.6 Å². The van der Waals surface area contributed by atoms with Gasteiger partial charge in [0.1, 0.15) is 5.82 Å². The first-order valence-electron chi connectivity index (χ1n) is 6.43. The Hall–Kier alpha value is -1.16. The van der Waals surface area contributed by atoms with Crippen LogP contribution in [-0.2, 0) is 0 Å². The molecule has 0 unspecified atom stereocenters. The van der Waals surface area contributed by atoms with Crippen molar-refractivity contribution in [2.75, 3.05) is 31.5 Å². The molecule has 0 fully saturated rings. The van der Waals surface area contributed by atoms with E-state index in [1.807, 2.05) is 13.8 Å². The van der Waals surface area contributed by atoms with Gasteiger partial charge in [-0.25, -0.2) is 4.98 Å². The molecule has 0 radical (unpaired) electrons. The highest BCUT2D eigenvalue weighted by atomic mass is 15.1. The molecule has 17 heavy (non-hydrogen) atoms. The average molecular weight is 236 g/mol. The predicted molar refractivity (Wildman–Crippen MR) is 72.4 cm³/mol. The fourth-order valence-corrected chi connectivity index (χ4v) is 1.71. The number of aromatic nitrogens is 2. The third kappa shape index (κ3) is 4.69. The Morgan fingerprint density at radius 3 is 2.53 bits per heavy atom. The molecule has 0 aliphatic heterocycles. The second kappa shape index (κ2) is 7.22. The Kier molecular flexibility index (Phi) is 5.91. The van der Waals surface area contributed by atoms with Crippen LogP contribution < -0.4 is 5.32 Å². The summed E-state index contributed by atoms with van der Waals surface area (Å²) in [5, 5.41) is 3.32. The molecule has 1 aromatic heterocycles. The lowest BCUT2D eigenvalue weighted by Gasteiger charge is -2.19. The van der Waals surface area contributed by atoms with Crippen LogP contribution in [0.3, 0.4) is 0 Å². The molecule has 4 heteroatoms. The predicted octanol–water partition coefficient (Wildman–Crippen LogP) is 2.24. The van der Waals surface area contributed by atoms with Crippen LogP contribution in [0.15, 0.2) is 6.20 Å². The largest absolute Gasteiger partial charge is 0.368 e. The molecule has 1 N–H and O–H groups in total. The van der Waals surface area contributed by atoms with E-state index in [1.54, 1.807) is 6.20 Å². The smallest absolute Gasteiger partial charge is 0.144 e. The summed E-state index contributed by atoms with van der Waals surface area (Å²) in [7, 11) is 0. The summed E-state index contributed by atoms with van der Waals surface area (Å²) in [6, 6.07) is 0. The van der Waals surface area contributed by atoms with E-state index in [0.717, 1.165) is 43.4 Å². The second-order valence-corrected chi connectivity index (χ2v) is 4.29. The number of nitrogens with one attached hydrogen (secondary N) is 1. The van der Waals surface area contributed by atoms with Crippen LogP contribution in [0.1, 0.15) is 31.7 Å². The van der Waals surface area contributed by atoms with Crippen molar-refractivity contribution in [3.63, 3.8) is 0 Å². The zero-order chi connectivity index (χ0) is 12.7. The number of hydrogen-bond donors (Lipinski definition) is 1. The van der Waals surface area contributed by atoms with Gasteiger partial charge in [0.25, 0.3) is 0 Å². The van der Waals surface area contributed by atoms with E-state index in [2.05, 4.69) is 34.0 Å². The van der Waals surface area contributed by atoms with Crippen LogP contribution in [-0.4, -0.2) is 41.0 Å². The maximum absolute atomic E-state index is 4.45. The Morgan fingerprint density at radius 2 is 1.94 bits per heavy atom. The first-order valence-corrected chi connectivity index (χ1v) is 6.43. The molecule has 1 heterocycles. The van der Waals surface area contributed by atoms with Gasteiger partial charge < -0.3 is 10.2 Å². The number of aryl methyl sites for hydroxylation is 2. The minimum atomic E-state index is 0.876. The molecule has 0 aliphatic carbocycles. The van der Waals surface area contributed by atoms with Gasteiger partial charge in [-0.15, -0.1) is 0 Å². The molecule has 0 saturated carbocycles. The van der Waals surface area contributed by atoms with E-state index in [1.165, 1.54) is 6.42 Å². The van der Waals surface area contributed by atoms with E-state index < -0.39 is 0 Å². The van der Waals surface area contributed by atoms with Crippen molar-refractivity contribution in [2.45, 2.75) is 34.1 Å². The highest BCUT2D eigenvalue weighted by molar-refractivity contribution is 5.33. The lowest BCUT2D eigenvalue weighted by molar-refractivity contribution is 0.300. The van der Waals surface area contributed by atoms with Crippen LogP contribution in [0, 0.1) is 13.8 Å². The standard InChI is InChI=1S/C13H24N4/c1-5-8-17(6-2)9-7-14-13-10-15-11(3)12(4)16-13/h10H,5-9H2,1-4H3,(H,14,16). The molecule has 1 aromatic rings. The summed E-state index contributed by atoms with van der Waals surface area (Å²) in [5.41, 5.74) is 1.99. The maximum atomic E-state index is 4.45. The SMILES string of the molecule is CCCN(CC)CCNc1cnc(C)c(C)n1. The van der Waals surface area contributed by atoms with Gasteiger partial charge in [0, 0.05) is 13.1 Å². The number of anilines is 1. The lowest BCUT2D eigenvalue weighted by atomic mass is 10.3. The summed E-state index contributed by atoms with van der Waals surface area (Å²) >= 11 is 0. The zero-order valence-corrected chi connectivity index (χ0v) is 11.5. The van der Waals surface area contributed by atoms with E-state index in [9.17, 15) is 0 Å². The molecular formula is C13H24N4. The lowest BCUT2D eigenvalue weighted by Crippen LogP contribution is -2.29. The van der Waals surface area contributed by atoms with Gasteiger partial charge in [0.2, 0.25) is 0 Å². The topological polar surface area (TPSA) is 41.0 Å². The van der Waals surface area contributed by atoms with Crippen LogP contribution in [0.2, 0.25) is 0 Å². The molecule has 96 valence electrons. The number of nitrogens with zero attached hydrogens (tertiary/aromatic N) is 3. The molecule has 0 spiro atoms. The third-order valence-electron chi connectivity index (χ3n) is 2.91. The van der Waals surface area contributed by atoms with Crippen molar-refractivity contribution in [1.29, 1.82) is 0 Å². The first-order chi connectivity index (χ1) is 8.17. The number of rotatable bonds is 7. The van der Waals surface area contributed by atoms with Gasteiger partial charge in [-0.05, 0) is 33.4 Å². The molecule has 0 bridgehead atoms. The normalized spacial score (nSPS) is 10.9. The summed E-state index contributed by atoms with van der Waals surface area (Å²) in [6.07, 6.45) is 3.01. The highest BCUT2D eigenvalue weighted by Crippen LogP contribution is 2.05. The van der Waals surface area contributed by atoms with Crippen molar-refractivity contribution < 1.29 is 0 Å². The third-order valence-corrected chi connectivity index (χ3v) is 2.91. The number of hydrogen-bond acceptors (Lipinski definition) is 4. The second-order valence-electron chi connectivity index (χ2n) is 4.29. The van der Waals surface area contributed by atoms with Crippen molar-refractivity contribution in [1.82, 2.24) is 14.9 Å². The summed E-state index contributed by atoms with van der Waals surface area (Å²) in [5.74, 6) is 0.876. The van der Waals surface area contributed by atoms with Gasteiger partial charge >= 0.3 is 0 Å². The van der Waals surface area contributed by atoms with Gasteiger partial charge in [-0.1, -0.05) is 13.8 Å². The van der Waals surface area contributed by atoms with Gasteiger partial charge in [0.05, 0.1) is 17.6 Å². The molecule has 0 aromatic carbocycles. The van der Waals surface area contributed by atoms with Gasteiger partial charge in [-0.3, -0.25) is 4.98 Å². The van der Waals surface area contributed by atoms with Crippen LogP contribution >= 0.6 is 0 Å². The monoisotopic (exact) mass is 236 g/mol. The molecule has 4 nitrogen and oxygen atoms in total. The van der Waals surface area contributed by atoms with Gasteiger partial charge in [0.15, 0.2) is 0 Å². The zero-order valence-electron chi connectivity index (χ0n) is 11.5. The van der Waals surface area contributed by atoms with Crippen LogP contribution in [0.4, 0.5) is 5.82 Å². The van der Waals surface area contributed by atoms with E-state index in [-0.39, 0.29) is 0 Å². The Morgan fingerprint density at radius 1 is 1.18 bits per heavy atom. The molecule has 0 atom stereocenters. The van der Waals surface area contributed by atoms with E-state index in [0.29, 0.717) is 0 Å². The van der Waals surface area contributed by atoms with Crippen molar-refractivity contribution >= 4 is 5.82 Å². The molecular weight excluding hydrogens is 212 g/mol. The van der Waals surface area contributed by atoms with E-state index >= 15 is 0 Å². The fraction of sp³-hybridized carbons (Fsp3) is 0.692. The molecule has 0 aliphatic rings. The maximum Gasteiger partial charge on any atom is 0.144 e. The average Bonchev–Trinajstić information content (AvgIpc) is 2.32. The minimum absolute atomic E-state index is 0.876. The number of likely N-dealkylation sites (N-methyl/N-ethyl adjacent to an activating group) is 1. The molecule has 1 rings (SSSR count). The minimum Gasteiger partial charge on any atom is -0.368 e. The van der Waals surface area contributed by atoms with Crippen molar-refractivity contribution in [3.8, 4) is 0 Å². The van der Waals surface area contributed by atoms with Crippen LogP contribution in [0.25, 0.3) is 0 Å². The summed E-state index contributed by atoms with van der Waals surface area (Å²) in [6.45, 7) is 12.6. The summed E-state index contributed by atoms with van der Waals surface area (Å²) in [4.78, 5) is 11.2. The van der Waals surface area contributed by atoms with Gasteiger partial charge in [-0.2, -0.15) is 0 Å². The first kappa shape index (κ1) is 13.9. The van der Waals surface area contributed by atoms with E-state index in [4.69, 9.17) is 0 Å². The Balaban J connectivity index is 2.37. The van der Waals surface area contributed by atoms with Crippen LogP contribution in [0.5, 0.6) is 0 Å². The Labute approximate surface area is 104 Å². The summed E-state index contributed by atoms with van der Waals surface area (Å²) < 4.78 is 0. The fourth-order valence-electron chi connectivity index (χ4n) is 1.71. The molecule has 0 saturated heterocycles. The highest BCUT2D eigenvalue weighted by Gasteiger charge is 2.01. The Bertz CT molecular complexity index is 338.